The van der Waals surface area contributed by atoms with Crippen molar-refractivity contribution in [3.8, 4) is 0 Å². The first kappa shape index (κ1) is 19.0. The number of hydrogen-bond acceptors (Lipinski definition) is 2. The van der Waals surface area contributed by atoms with E-state index in [0.717, 1.165) is 17.7 Å². The van der Waals surface area contributed by atoms with Crippen LogP contribution in [0.1, 0.15) is 26.2 Å². The first-order valence-corrected chi connectivity index (χ1v) is 8.97. The monoisotopic (exact) mass is 388 g/mol. The molecule has 1 aliphatic heterocycles. The molecule has 1 saturated carbocycles. The number of benzene rings is 1. The summed E-state index contributed by atoms with van der Waals surface area (Å²) in [6, 6.07) is 6.25. The number of carbonyl (C=O) groups is 2. The van der Waals surface area contributed by atoms with Crippen molar-refractivity contribution in [2.75, 3.05) is 18.0 Å². The molecule has 2 atom stereocenters. The van der Waals surface area contributed by atoms with Gasteiger partial charge in [0.25, 0.3) is 0 Å². The topological polar surface area (TPSA) is 40.6 Å². The fourth-order valence-electron chi connectivity index (χ4n) is 3.46. The molecule has 2 aliphatic rings. The lowest BCUT2D eigenvalue weighted by Crippen LogP contribution is -2.48. The molecule has 3 rings (SSSR count). The molecule has 0 unspecified atom stereocenters. The van der Waals surface area contributed by atoms with E-state index >= 15 is 0 Å². The highest BCUT2D eigenvalue weighted by Gasteiger charge is 2.45. The number of carbonyl (C=O) groups excluding carboxylic acids is 2. The van der Waals surface area contributed by atoms with E-state index in [-0.39, 0.29) is 24.8 Å². The van der Waals surface area contributed by atoms with Crippen LogP contribution in [-0.2, 0) is 9.59 Å². The van der Waals surface area contributed by atoms with Gasteiger partial charge in [-0.15, -0.1) is 0 Å². The highest BCUT2D eigenvalue weighted by molar-refractivity contribution is 6.33. The molecular weight excluding hydrogens is 369 g/mol. The van der Waals surface area contributed by atoms with Gasteiger partial charge in [-0.1, -0.05) is 23.7 Å². The molecule has 2 fully saturated rings. The van der Waals surface area contributed by atoms with Crippen molar-refractivity contribution in [2.24, 2.45) is 11.8 Å². The average molecular weight is 389 g/mol. The zero-order valence-electron chi connectivity index (χ0n) is 14.3. The standard InChI is InChI=1S/C18H20ClF3N2O2/c1-11(12-6-7-12)24(10-18(20,21)22)17(26)13-8-16(25)23(9-13)15-5-3-2-4-14(15)19/h2-5,11-13H,6-10H2,1H3/t11-,13-/m1/s1. The molecule has 26 heavy (non-hydrogen) atoms. The number of halogens is 4. The van der Waals surface area contributed by atoms with Crippen LogP contribution >= 0.6 is 11.6 Å². The van der Waals surface area contributed by atoms with Gasteiger partial charge in [0.1, 0.15) is 6.54 Å². The van der Waals surface area contributed by atoms with Gasteiger partial charge in [0.15, 0.2) is 0 Å². The zero-order chi connectivity index (χ0) is 19.1. The van der Waals surface area contributed by atoms with Gasteiger partial charge < -0.3 is 9.80 Å². The lowest BCUT2D eigenvalue weighted by molar-refractivity contribution is -0.168. The van der Waals surface area contributed by atoms with Gasteiger partial charge in [0.2, 0.25) is 11.8 Å². The maximum Gasteiger partial charge on any atom is 0.406 e. The Hall–Kier alpha value is -1.76. The Balaban J connectivity index is 1.77. The minimum Gasteiger partial charge on any atom is -0.330 e. The fourth-order valence-corrected chi connectivity index (χ4v) is 3.70. The fraction of sp³-hybridized carbons (Fsp3) is 0.556. The molecular formula is C18H20ClF3N2O2. The summed E-state index contributed by atoms with van der Waals surface area (Å²) in [5.74, 6) is -1.59. The van der Waals surface area contributed by atoms with Gasteiger partial charge in [0, 0.05) is 19.0 Å². The summed E-state index contributed by atoms with van der Waals surface area (Å²) in [7, 11) is 0. The molecule has 1 aromatic rings. The lowest BCUT2D eigenvalue weighted by Gasteiger charge is -2.32. The second-order valence-electron chi connectivity index (χ2n) is 7.02. The zero-order valence-corrected chi connectivity index (χ0v) is 15.1. The molecule has 0 radical (unpaired) electrons. The van der Waals surface area contributed by atoms with Crippen LogP contribution in [0.5, 0.6) is 0 Å². The van der Waals surface area contributed by atoms with Gasteiger partial charge in [-0.3, -0.25) is 9.59 Å². The van der Waals surface area contributed by atoms with Crippen LogP contribution in [0.15, 0.2) is 24.3 Å². The number of hydrogen-bond donors (Lipinski definition) is 0. The summed E-state index contributed by atoms with van der Waals surface area (Å²) in [4.78, 5) is 27.5. The van der Waals surface area contributed by atoms with Crippen molar-refractivity contribution in [1.29, 1.82) is 0 Å². The maximum absolute atomic E-state index is 13.0. The molecule has 1 heterocycles. The summed E-state index contributed by atoms with van der Waals surface area (Å²) in [5, 5.41) is 0.368. The SMILES string of the molecule is C[C@H](C1CC1)N(CC(F)(F)F)C(=O)[C@@H]1CC(=O)N(c2ccccc2Cl)C1. The summed E-state index contributed by atoms with van der Waals surface area (Å²) >= 11 is 6.11. The third kappa shape index (κ3) is 4.14. The van der Waals surface area contributed by atoms with Crippen LogP contribution in [0.25, 0.3) is 0 Å². The summed E-state index contributed by atoms with van der Waals surface area (Å²) in [6.07, 6.45) is -2.91. The molecule has 1 aliphatic carbocycles. The summed E-state index contributed by atoms with van der Waals surface area (Å²) in [6.45, 7) is 0.428. The normalized spacial score (nSPS) is 21.8. The van der Waals surface area contributed by atoms with Gasteiger partial charge in [-0.05, 0) is 37.8 Å². The van der Waals surface area contributed by atoms with E-state index in [9.17, 15) is 22.8 Å². The largest absolute Gasteiger partial charge is 0.406 e. The van der Waals surface area contributed by atoms with Gasteiger partial charge in [-0.2, -0.15) is 13.2 Å². The summed E-state index contributed by atoms with van der Waals surface area (Å²) < 4.78 is 38.9. The van der Waals surface area contributed by atoms with Gasteiger partial charge in [-0.25, -0.2) is 0 Å². The number of anilines is 1. The van der Waals surface area contributed by atoms with Gasteiger partial charge >= 0.3 is 6.18 Å². The van der Waals surface area contributed by atoms with Crippen LogP contribution in [0.3, 0.4) is 0 Å². The number of alkyl halides is 3. The first-order valence-electron chi connectivity index (χ1n) is 8.59. The van der Waals surface area contributed by atoms with Crippen LogP contribution < -0.4 is 4.90 Å². The number of para-hydroxylation sites is 1. The van der Waals surface area contributed by atoms with Crippen LogP contribution in [0.2, 0.25) is 5.02 Å². The Kier molecular flexibility index (Phi) is 5.19. The van der Waals surface area contributed by atoms with Crippen molar-refractivity contribution in [3.05, 3.63) is 29.3 Å². The molecule has 8 heteroatoms. The minimum absolute atomic E-state index is 0.0488. The van der Waals surface area contributed by atoms with E-state index in [1.165, 1.54) is 4.90 Å². The molecule has 1 aromatic carbocycles. The van der Waals surface area contributed by atoms with E-state index in [1.807, 2.05) is 0 Å². The quantitative estimate of drug-likeness (QED) is 0.768. The molecule has 0 spiro atoms. The Morgan fingerprint density at radius 3 is 2.58 bits per heavy atom. The van der Waals surface area contributed by atoms with Crippen LogP contribution in [0.4, 0.5) is 18.9 Å². The number of amides is 2. The van der Waals surface area contributed by atoms with E-state index in [4.69, 9.17) is 11.6 Å². The Morgan fingerprint density at radius 1 is 1.35 bits per heavy atom. The lowest BCUT2D eigenvalue weighted by atomic mass is 10.0. The average Bonchev–Trinajstić information content (AvgIpc) is 3.34. The number of rotatable bonds is 5. The van der Waals surface area contributed by atoms with Crippen LogP contribution in [-0.4, -0.2) is 42.0 Å². The van der Waals surface area contributed by atoms with Crippen LogP contribution in [0, 0.1) is 11.8 Å². The molecule has 2 amide bonds. The highest BCUT2D eigenvalue weighted by Crippen LogP contribution is 2.38. The predicted molar refractivity (Wildman–Crippen MR) is 91.9 cm³/mol. The van der Waals surface area contributed by atoms with Crippen molar-refractivity contribution in [2.45, 2.75) is 38.4 Å². The molecule has 4 nitrogen and oxygen atoms in total. The van der Waals surface area contributed by atoms with E-state index in [1.54, 1.807) is 31.2 Å². The van der Waals surface area contributed by atoms with E-state index < -0.39 is 30.6 Å². The Labute approximate surface area is 154 Å². The van der Waals surface area contributed by atoms with Crippen molar-refractivity contribution in [3.63, 3.8) is 0 Å². The Morgan fingerprint density at radius 2 is 2.00 bits per heavy atom. The number of nitrogens with zero attached hydrogens (tertiary/aromatic N) is 2. The van der Waals surface area contributed by atoms with Crippen molar-refractivity contribution < 1.29 is 22.8 Å². The van der Waals surface area contributed by atoms with E-state index in [2.05, 4.69) is 0 Å². The van der Waals surface area contributed by atoms with Crippen molar-refractivity contribution >= 4 is 29.1 Å². The minimum atomic E-state index is -4.47. The molecule has 1 saturated heterocycles. The molecule has 0 bridgehead atoms. The second kappa shape index (κ2) is 7.10. The highest BCUT2D eigenvalue weighted by atomic mass is 35.5. The molecule has 142 valence electrons. The predicted octanol–water partition coefficient (Wildman–Crippen LogP) is 3.88. The third-order valence-corrected chi connectivity index (χ3v) is 5.37. The summed E-state index contributed by atoms with van der Waals surface area (Å²) in [5.41, 5.74) is 0.479. The van der Waals surface area contributed by atoms with Gasteiger partial charge in [0.05, 0.1) is 16.6 Å². The van der Waals surface area contributed by atoms with Crippen molar-refractivity contribution in [1.82, 2.24) is 4.90 Å². The smallest absolute Gasteiger partial charge is 0.330 e. The third-order valence-electron chi connectivity index (χ3n) is 5.05. The first-order chi connectivity index (χ1) is 12.2. The molecule has 0 aromatic heterocycles. The molecule has 0 N–H and O–H groups in total. The Bertz CT molecular complexity index is 706. The van der Waals surface area contributed by atoms with E-state index in [0.29, 0.717) is 10.7 Å². The maximum atomic E-state index is 13.0. The second-order valence-corrected chi connectivity index (χ2v) is 7.42.